The normalized spacial score (nSPS) is 11.4. The van der Waals surface area contributed by atoms with Crippen molar-refractivity contribution in [1.29, 1.82) is 0 Å². The Kier molecular flexibility index (Phi) is 6.24. The van der Waals surface area contributed by atoms with E-state index in [2.05, 4.69) is 21.2 Å². The minimum atomic E-state index is -0.905. The summed E-state index contributed by atoms with van der Waals surface area (Å²) in [4.78, 5) is 34.5. The molecule has 8 heteroatoms. The molecule has 130 valence electrons. The van der Waals surface area contributed by atoms with Crippen LogP contribution in [0.5, 0.6) is 0 Å². The van der Waals surface area contributed by atoms with Crippen LogP contribution >= 0.6 is 15.9 Å². The first kappa shape index (κ1) is 18.6. The van der Waals surface area contributed by atoms with Crippen LogP contribution in [0.3, 0.4) is 0 Å². The maximum absolute atomic E-state index is 12.3. The van der Waals surface area contributed by atoms with Crippen LogP contribution in [0.25, 0.3) is 0 Å². The van der Waals surface area contributed by atoms with Crippen LogP contribution < -0.4 is 5.32 Å². The molecule has 0 fully saturated rings. The zero-order valence-corrected chi connectivity index (χ0v) is 14.9. The van der Waals surface area contributed by atoms with Crippen molar-refractivity contribution in [2.75, 3.05) is 7.11 Å². The molecule has 25 heavy (non-hydrogen) atoms. The molecule has 0 spiro atoms. The summed E-state index contributed by atoms with van der Waals surface area (Å²) in [5, 5.41) is 13.3. The molecule has 0 saturated carbocycles. The minimum absolute atomic E-state index is 0.0449. The minimum Gasteiger partial charge on any atom is -0.467 e. The number of rotatable bonds is 6. The molecule has 2 rings (SSSR count). The average Bonchev–Trinajstić information content (AvgIpc) is 2.60. The van der Waals surface area contributed by atoms with Crippen molar-refractivity contribution in [2.24, 2.45) is 0 Å². The van der Waals surface area contributed by atoms with Crippen LogP contribution in [0.1, 0.15) is 15.9 Å². The van der Waals surface area contributed by atoms with E-state index in [0.29, 0.717) is 11.1 Å². The second-order valence-electron chi connectivity index (χ2n) is 5.19. The maximum Gasteiger partial charge on any atom is 0.328 e. The van der Waals surface area contributed by atoms with E-state index in [1.807, 2.05) is 0 Å². The van der Waals surface area contributed by atoms with E-state index in [0.717, 1.165) is 4.47 Å². The number of carbonyl (C=O) groups excluding carboxylic acids is 2. The fourth-order valence-electron chi connectivity index (χ4n) is 2.20. The number of methoxy groups -OCH3 is 1. The first-order valence-electron chi connectivity index (χ1n) is 7.28. The number of nitrogens with zero attached hydrogens (tertiary/aromatic N) is 1. The third-order valence-corrected chi connectivity index (χ3v) is 3.96. The molecule has 0 aliphatic rings. The number of ether oxygens (including phenoxy) is 1. The number of hydrogen-bond donors (Lipinski definition) is 1. The lowest BCUT2D eigenvalue weighted by molar-refractivity contribution is -0.384. The van der Waals surface area contributed by atoms with E-state index in [1.54, 1.807) is 36.4 Å². The molecule has 1 N–H and O–H groups in total. The van der Waals surface area contributed by atoms with Crippen molar-refractivity contribution < 1.29 is 19.2 Å². The van der Waals surface area contributed by atoms with Gasteiger partial charge in [-0.25, -0.2) is 4.79 Å². The topological polar surface area (TPSA) is 98.5 Å². The van der Waals surface area contributed by atoms with Gasteiger partial charge >= 0.3 is 5.97 Å². The Hall–Kier alpha value is -2.74. The van der Waals surface area contributed by atoms with Gasteiger partial charge in [0.2, 0.25) is 0 Å². The highest BCUT2D eigenvalue weighted by molar-refractivity contribution is 9.10. The molecule has 0 aliphatic carbocycles. The van der Waals surface area contributed by atoms with Gasteiger partial charge in [-0.1, -0.05) is 34.1 Å². The predicted molar refractivity (Wildman–Crippen MR) is 94.2 cm³/mol. The second-order valence-corrected chi connectivity index (χ2v) is 6.10. The molecule has 7 nitrogen and oxygen atoms in total. The first-order chi connectivity index (χ1) is 11.9. The van der Waals surface area contributed by atoms with Gasteiger partial charge in [0.05, 0.1) is 12.0 Å². The summed E-state index contributed by atoms with van der Waals surface area (Å²) in [5.41, 5.74) is 1.01. The highest BCUT2D eigenvalue weighted by atomic mass is 79.9. The van der Waals surface area contributed by atoms with Crippen LogP contribution in [-0.2, 0) is 16.0 Å². The molecule has 0 bridgehead atoms. The largest absolute Gasteiger partial charge is 0.467 e. The lowest BCUT2D eigenvalue weighted by Crippen LogP contribution is -2.43. The maximum atomic E-state index is 12.3. The van der Waals surface area contributed by atoms with E-state index in [1.165, 1.54) is 19.2 Å². The van der Waals surface area contributed by atoms with Crippen molar-refractivity contribution in [2.45, 2.75) is 12.5 Å². The summed E-state index contributed by atoms with van der Waals surface area (Å²) in [7, 11) is 1.23. The van der Waals surface area contributed by atoms with Crippen molar-refractivity contribution in [3.63, 3.8) is 0 Å². The molecule has 0 saturated heterocycles. The third kappa shape index (κ3) is 5.12. The van der Waals surface area contributed by atoms with E-state index in [4.69, 9.17) is 4.74 Å². The SMILES string of the molecule is COC(=O)[C@@H](Cc1ccc([N+](=O)[O-])cc1)NC(=O)c1cccc(Br)c1. The van der Waals surface area contributed by atoms with Gasteiger partial charge in [0, 0.05) is 28.6 Å². The Morgan fingerprint density at radius 3 is 2.48 bits per heavy atom. The molecule has 0 radical (unpaired) electrons. The molecule has 2 aromatic rings. The van der Waals surface area contributed by atoms with E-state index < -0.39 is 22.8 Å². The summed E-state index contributed by atoms with van der Waals surface area (Å²) >= 11 is 3.28. The van der Waals surface area contributed by atoms with Gasteiger partial charge in [-0.05, 0) is 23.8 Å². The molecule has 1 amide bonds. The van der Waals surface area contributed by atoms with Crippen LogP contribution in [0.2, 0.25) is 0 Å². The molecule has 0 aromatic heterocycles. The summed E-state index contributed by atoms with van der Waals surface area (Å²) in [5.74, 6) is -1.01. The monoisotopic (exact) mass is 406 g/mol. The molecule has 0 unspecified atom stereocenters. The number of nitro groups is 1. The van der Waals surface area contributed by atoms with Gasteiger partial charge in [0.25, 0.3) is 11.6 Å². The summed E-state index contributed by atoms with van der Waals surface area (Å²) in [6.45, 7) is 0. The zero-order valence-electron chi connectivity index (χ0n) is 13.3. The zero-order chi connectivity index (χ0) is 18.4. The molecule has 0 aliphatic heterocycles. The van der Waals surface area contributed by atoms with E-state index in [-0.39, 0.29) is 12.1 Å². The number of amides is 1. The predicted octanol–water partition coefficient (Wildman–Crippen LogP) is 2.87. The number of esters is 1. The van der Waals surface area contributed by atoms with Crippen molar-refractivity contribution in [3.05, 3.63) is 74.2 Å². The molecule has 2 aromatic carbocycles. The van der Waals surface area contributed by atoms with Gasteiger partial charge < -0.3 is 10.1 Å². The number of carbonyl (C=O) groups is 2. The second kappa shape index (κ2) is 8.39. The van der Waals surface area contributed by atoms with E-state index >= 15 is 0 Å². The highest BCUT2D eigenvalue weighted by Crippen LogP contribution is 2.15. The van der Waals surface area contributed by atoms with Crippen LogP contribution in [0, 0.1) is 10.1 Å². The summed E-state index contributed by atoms with van der Waals surface area (Å²) < 4.78 is 5.48. The third-order valence-electron chi connectivity index (χ3n) is 3.46. The van der Waals surface area contributed by atoms with Crippen LogP contribution in [-0.4, -0.2) is 30.0 Å². The Balaban J connectivity index is 2.14. The Morgan fingerprint density at radius 2 is 1.92 bits per heavy atom. The average molecular weight is 407 g/mol. The number of hydrogen-bond acceptors (Lipinski definition) is 5. The lowest BCUT2D eigenvalue weighted by Gasteiger charge is -2.16. The summed E-state index contributed by atoms with van der Waals surface area (Å²) in [6.07, 6.45) is 0.157. The fourth-order valence-corrected chi connectivity index (χ4v) is 2.60. The Morgan fingerprint density at radius 1 is 1.24 bits per heavy atom. The quantitative estimate of drug-likeness (QED) is 0.451. The lowest BCUT2D eigenvalue weighted by atomic mass is 10.0. The molecular formula is C17H15BrN2O5. The van der Waals surface area contributed by atoms with Crippen molar-refractivity contribution in [3.8, 4) is 0 Å². The van der Waals surface area contributed by atoms with E-state index in [9.17, 15) is 19.7 Å². The Bertz CT molecular complexity index is 792. The molecular weight excluding hydrogens is 392 g/mol. The highest BCUT2D eigenvalue weighted by Gasteiger charge is 2.23. The molecule has 1 atom stereocenters. The Labute approximate surface area is 152 Å². The number of halogens is 1. The smallest absolute Gasteiger partial charge is 0.328 e. The van der Waals surface area contributed by atoms with Gasteiger partial charge in [0.15, 0.2) is 0 Å². The standard InChI is InChI=1S/C17H15BrN2O5/c1-25-17(22)15(9-11-5-7-14(8-6-11)20(23)24)19-16(21)12-3-2-4-13(18)10-12/h2-8,10,15H,9H2,1H3,(H,19,21)/t15-/m1/s1. The molecule has 0 heterocycles. The van der Waals surface area contributed by atoms with Gasteiger partial charge in [0.1, 0.15) is 6.04 Å². The first-order valence-corrected chi connectivity index (χ1v) is 8.07. The number of nitrogens with one attached hydrogen (secondary N) is 1. The van der Waals surface area contributed by atoms with Crippen molar-refractivity contribution >= 4 is 33.5 Å². The number of non-ortho nitro benzene ring substituents is 1. The summed E-state index contributed by atoms with van der Waals surface area (Å²) in [6, 6.07) is 11.6. The van der Waals surface area contributed by atoms with Gasteiger partial charge in [-0.2, -0.15) is 0 Å². The van der Waals surface area contributed by atoms with Gasteiger partial charge in [-0.15, -0.1) is 0 Å². The number of benzene rings is 2. The van der Waals surface area contributed by atoms with Crippen molar-refractivity contribution in [1.82, 2.24) is 5.32 Å². The van der Waals surface area contributed by atoms with Crippen LogP contribution in [0.4, 0.5) is 5.69 Å². The van der Waals surface area contributed by atoms with Gasteiger partial charge in [-0.3, -0.25) is 14.9 Å². The van der Waals surface area contributed by atoms with Crippen LogP contribution in [0.15, 0.2) is 53.0 Å². The number of nitro benzene ring substituents is 1. The fraction of sp³-hybridized carbons (Fsp3) is 0.176.